The summed E-state index contributed by atoms with van der Waals surface area (Å²) in [5.41, 5.74) is 5.76. The van der Waals surface area contributed by atoms with Gasteiger partial charge in [-0.05, 0) is 6.92 Å². The Hall–Kier alpha value is 1.37. The van der Waals surface area contributed by atoms with Gasteiger partial charge in [-0.25, -0.2) is 0 Å². The van der Waals surface area contributed by atoms with Crippen molar-refractivity contribution in [2.45, 2.75) is 27.7 Å². The number of hydrogen-bond donors (Lipinski definition) is 0. The van der Waals surface area contributed by atoms with Gasteiger partial charge >= 0.3 is 42.6 Å². The van der Waals surface area contributed by atoms with Crippen molar-refractivity contribution in [3.8, 4) is 10.4 Å². The first-order chi connectivity index (χ1) is 7.77. The van der Waals surface area contributed by atoms with E-state index in [1.807, 2.05) is 11.3 Å². The predicted molar refractivity (Wildman–Crippen MR) is 80.7 cm³/mol. The van der Waals surface area contributed by atoms with Gasteiger partial charge in [0, 0.05) is 0 Å². The molecule has 94 valence electrons. The second-order valence-corrected chi connectivity index (χ2v) is 13.5. The van der Waals surface area contributed by atoms with E-state index in [0.717, 1.165) is 0 Å². The van der Waals surface area contributed by atoms with Gasteiger partial charge in [-0.3, -0.25) is 11.3 Å². The number of halogens is 4. The van der Waals surface area contributed by atoms with E-state index in [0.29, 0.717) is 0 Å². The fourth-order valence-corrected chi connectivity index (χ4v) is 3.79. The van der Waals surface area contributed by atoms with E-state index in [2.05, 4.69) is 43.6 Å². The first-order valence-corrected chi connectivity index (χ1v) is 13.0. The fourth-order valence-electron chi connectivity index (χ4n) is 1.76. The van der Waals surface area contributed by atoms with E-state index in [4.69, 9.17) is 27.9 Å². The van der Waals surface area contributed by atoms with Crippen molar-refractivity contribution >= 4 is 55.2 Å². The molecule has 2 rings (SSSR count). The van der Waals surface area contributed by atoms with Gasteiger partial charge in [-0.15, -0.1) is 16.0 Å². The second-order valence-electron chi connectivity index (χ2n) is 3.77. The zero-order valence-corrected chi connectivity index (χ0v) is 16.2. The van der Waals surface area contributed by atoms with E-state index in [-0.39, 0.29) is 0 Å². The summed E-state index contributed by atoms with van der Waals surface area (Å²) in [6.07, 6.45) is 0. The molecule has 0 aromatic rings. The number of thiophene rings is 1. The maximum absolute atomic E-state index is 4.97. The van der Waals surface area contributed by atoms with E-state index >= 15 is 0 Å². The first kappa shape index (κ1) is 16.4. The molecule has 0 nitrogen and oxygen atoms in total. The predicted octanol–water partition coefficient (Wildman–Crippen LogP) is 6.63. The average molecular weight is 410 g/mol. The molecule has 0 radical (unpaired) electrons. The summed E-state index contributed by atoms with van der Waals surface area (Å²) in [5, 5.41) is 0. The van der Waals surface area contributed by atoms with E-state index in [1.165, 1.54) is 36.5 Å². The first-order valence-electron chi connectivity index (χ1n) is 4.91. The average Bonchev–Trinajstić information content (AvgIpc) is 2.61. The van der Waals surface area contributed by atoms with Crippen LogP contribution in [0.15, 0.2) is 4.47 Å². The van der Waals surface area contributed by atoms with Crippen LogP contribution in [-0.4, -0.2) is 0 Å². The Kier molecular flexibility index (Phi) is 6.47. The van der Waals surface area contributed by atoms with Crippen LogP contribution in [0.1, 0.15) is 21.6 Å². The van der Waals surface area contributed by atoms with Crippen molar-refractivity contribution in [1.29, 1.82) is 0 Å². The van der Waals surface area contributed by atoms with Crippen LogP contribution in [0, 0.1) is 27.7 Å². The molecule has 0 saturated carbocycles. The van der Waals surface area contributed by atoms with E-state index < -0.39 is 14.7 Å². The molecular weight excluding hydrogens is 398 g/mol. The third-order valence-corrected chi connectivity index (χ3v) is 5.33. The van der Waals surface area contributed by atoms with Crippen LogP contribution < -0.4 is 0 Å². The van der Waals surface area contributed by atoms with E-state index in [1.54, 1.807) is 0 Å². The molecule has 0 bridgehead atoms. The number of aryl methyl sites for hydroxylation is 1. The van der Waals surface area contributed by atoms with Gasteiger partial charge in [0.25, 0.3) is 0 Å². The van der Waals surface area contributed by atoms with E-state index in [9.17, 15) is 0 Å². The maximum atomic E-state index is 4.97. The minimum absolute atomic E-state index is 1.29. The van der Waals surface area contributed by atoms with Crippen molar-refractivity contribution in [2.75, 3.05) is 0 Å². The van der Waals surface area contributed by atoms with Crippen LogP contribution in [0.5, 0.6) is 0 Å². The molecule has 0 atom stereocenters. The number of hydrogen-bond acceptors (Lipinski definition) is 1. The summed E-state index contributed by atoms with van der Waals surface area (Å²) in [7, 11) is 14.9. The van der Waals surface area contributed by atoms with Gasteiger partial charge in [0.15, 0.2) is 0 Å². The molecule has 0 spiro atoms. The van der Waals surface area contributed by atoms with Crippen LogP contribution in [0.25, 0.3) is 10.4 Å². The molecule has 0 saturated heterocycles. The Morgan fingerprint density at radius 2 is 1.53 bits per heavy atom. The zero-order chi connectivity index (χ0) is 13.3. The summed E-state index contributed by atoms with van der Waals surface area (Å²) < 4.78 is 1.29. The molecule has 0 unspecified atom stereocenters. The molecule has 17 heavy (non-hydrogen) atoms. The summed E-state index contributed by atoms with van der Waals surface area (Å²) in [6, 6.07) is 0. The number of rotatable bonds is 0. The Morgan fingerprint density at radius 3 is 1.94 bits per heavy atom. The van der Waals surface area contributed by atoms with Gasteiger partial charge < -0.3 is 0 Å². The van der Waals surface area contributed by atoms with Gasteiger partial charge in [0.2, 0.25) is 0 Å². The SMILES string of the molecule is Cc1c2s[c-](C)c(Br)c-2c(C)c1C.[Cl][Ti+]([Cl])[Cl]. The monoisotopic (exact) mass is 408 g/mol. The Balaban J connectivity index is 0.000000317. The molecule has 0 aromatic carbocycles. The topological polar surface area (TPSA) is 0 Å². The van der Waals surface area contributed by atoms with Crippen molar-refractivity contribution in [3.05, 3.63) is 26.0 Å². The third kappa shape index (κ3) is 3.69. The summed E-state index contributed by atoms with van der Waals surface area (Å²) in [5.74, 6) is 0. The normalized spacial score (nSPS) is 10.4. The third-order valence-electron chi connectivity index (χ3n) is 2.85. The molecule has 1 aliphatic heterocycles. The van der Waals surface area contributed by atoms with Crippen molar-refractivity contribution in [1.82, 2.24) is 0 Å². The van der Waals surface area contributed by atoms with Crippen LogP contribution in [0.3, 0.4) is 0 Å². The minimum atomic E-state index is -1.92. The van der Waals surface area contributed by atoms with Crippen molar-refractivity contribution < 1.29 is 14.7 Å². The van der Waals surface area contributed by atoms with Crippen LogP contribution in [0.2, 0.25) is 0 Å². The Bertz CT molecular complexity index is 487. The molecule has 0 N–H and O–H groups in total. The summed E-state index contributed by atoms with van der Waals surface area (Å²) in [4.78, 5) is 2.84. The molecule has 2 aliphatic rings. The second kappa shape index (κ2) is 6.70. The summed E-state index contributed by atoms with van der Waals surface area (Å²) >= 11 is 3.64. The van der Waals surface area contributed by atoms with Gasteiger partial charge in [0.05, 0.1) is 0 Å². The fraction of sp³-hybridized carbons (Fsp3) is 0.364. The summed E-state index contributed by atoms with van der Waals surface area (Å²) in [6.45, 7) is 8.80. The Morgan fingerprint density at radius 1 is 1.06 bits per heavy atom. The molecule has 0 amide bonds. The van der Waals surface area contributed by atoms with Crippen LogP contribution in [-0.2, 0) is 14.7 Å². The van der Waals surface area contributed by atoms with Gasteiger partial charge in [-0.2, -0.15) is 0 Å². The quantitative estimate of drug-likeness (QED) is 0.338. The van der Waals surface area contributed by atoms with Crippen molar-refractivity contribution in [2.24, 2.45) is 0 Å². The molecule has 0 aromatic heterocycles. The zero-order valence-electron chi connectivity index (χ0n) is 9.92. The number of fused-ring (bicyclic) bond motifs is 1. The molecule has 1 aliphatic carbocycles. The standard InChI is InChI=1S/C11H12BrS.3ClH.Ti/c1-5-6(2)9-10(12)8(4)13-11(9)7(5)3;;;;/h1-4H3;3*1H;/q-1;;;;+4/p-3. The van der Waals surface area contributed by atoms with Gasteiger partial charge in [0.1, 0.15) is 0 Å². The molecule has 6 heteroatoms. The molecular formula is C11H12BrCl3STi. The van der Waals surface area contributed by atoms with Crippen LogP contribution in [0.4, 0.5) is 0 Å². The van der Waals surface area contributed by atoms with Crippen LogP contribution >= 0.6 is 55.2 Å². The molecule has 1 heterocycles. The Labute approximate surface area is 133 Å². The van der Waals surface area contributed by atoms with Crippen molar-refractivity contribution in [3.63, 3.8) is 0 Å². The molecule has 0 fully saturated rings. The van der Waals surface area contributed by atoms with Gasteiger partial charge in [-0.1, -0.05) is 57.2 Å².